The molecule has 0 atom stereocenters. The number of carbonyl (C=O) groups excluding carboxylic acids is 1. The zero-order chi connectivity index (χ0) is 16.7. The number of rotatable bonds is 3. The lowest BCUT2D eigenvalue weighted by molar-refractivity contribution is 0.0996. The lowest BCUT2D eigenvalue weighted by Crippen LogP contribution is -2.22. The third kappa shape index (κ3) is 2.27. The molecular weight excluding hydrogens is 302 g/mol. The molecule has 0 saturated carbocycles. The highest BCUT2D eigenvalue weighted by Gasteiger charge is 2.32. The summed E-state index contributed by atoms with van der Waals surface area (Å²) >= 11 is 0. The summed E-state index contributed by atoms with van der Waals surface area (Å²) in [5.41, 5.74) is 5.05. The molecule has 24 heavy (non-hydrogen) atoms. The smallest absolute Gasteiger partial charge is 0.260 e. The van der Waals surface area contributed by atoms with Gasteiger partial charge in [0.15, 0.2) is 0 Å². The lowest BCUT2D eigenvalue weighted by Gasteiger charge is -2.12. The largest absolute Gasteiger partial charge is 0.299 e. The van der Waals surface area contributed by atoms with Gasteiger partial charge in [0, 0.05) is 30.7 Å². The van der Waals surface area contributed by atoms with Gasteiger partial charge in [-0.25, -0.2) is 0 Å². The van der Waals surface area contributed by atoms with Crippen LogP contribution < -0.4 is 4.90 Å². The van der Waals surface area contributed by atoms with Crippen LogP contribution in [0.2, 0.25) is 0 Å². The quantitative estimate of drug-likeness (QED) is 0.744. The van der Waals surface area contributed by atoms with Crippen molar-refractivity contribution < 1.29 is 4.79 Å². The third-order valence-corrected chi connectivity index (χ3v) is 4.27. The Hall–Kier alpha value is -3.02. The highest BCUT2D eigenvalue weighted by Crippen LogP contribution is 2.31. The molecular formula is C18H17N5O. The van der Waals surface area contributed by atoms with Crippen LogP contribution in [-0.2, 0) is 13.1 Å². The van der Waals surface area contributed by atoms with E-state index in [0.717, 1.165) is 34.7 Å². The van der Waals surface area contributed by atoms with Gasteiger partial charge in [0.25, 0.3) is 5.91 Å². The van der Waals surface area contributed by atoms with Crippen molar-refractivity contribution in [3.05, 3.63) is 59.8 Å². The van der Waals surface area contributed by atoms with Crippen molar-refractivity contribution in [1.82, 2.24) is 19.7 Å². The molecule has 0 saturated heterocycles. The maximum atomic E-state index is 12.8. The van der Waals surface area contributed by atoms with Crippen molar-refractivity contribution in [2.75, 3.05) is 4.90 Å². The summed E-state index contributed by atoms with van der Waals surface area (Å²) in [5.74, 6) is -0.0108. The monoisotopic (exact) mass is 319 g/mol. The molecule has 0 N–H and O–H groups in total. The van der Waals surface area contributed by atoms with E-state index in [-0.39, 0.29) is 5.91 Å². The number of hydrogen-bond acceptors (Lipinski definition) is 4. The Balaban J connectivity index is 1.74. The van der Waals surface area contributed by atoms with Gasteiger partial charge in [0.1, 0.15) is 0 Å². The van der Waals surface area contributed by atoms with Crippen molar-refractivity contribution in [2.24, 2.45) is 0 Å². The van der Waals surface area contributed by atoms with Crippen LogP contribution in [0.3, 0.4) is 0 Å². The number of fused-ring (bicyclic) bond motifs is 1. The van der Waals surface area contributed by atoms with E-state index in [2.05, 4.69) is 10.1 Å². The van der Waals surface area contributed by atoms with E-state index in [1.807, 2.05) is 42.9 Å². The molecule has 1 amide bonds. The van der Waals surface area contributed by atoms with Crippen LogP contribution in [0.15, 0.2) is 43.0 Å². The molecule has 1 aliphatic rings. The van der Waals surface area contributed by atoms with Crippen molar-refractivity contribution in [3.63, 3.8) is 0 Å². The van der Waals surface area contributed by atoms with Gasteiger partial charge in [-0.3, -0.25) is 24.3 Å². The Morgan fingerprint density at radius 1 is 1.29 bits per heavy atom. The first-order valence-electron chi connectivity index (χ1n) is 7.92. The molecule has 4 rings (SSSR count). The van der Waals surface area contributed by atoms with Gasteiger partial charge in [0.05, 0.1) is 35.4 Å². The summed E-state index contributed by atoms with van der Waals surface area (Å²) in [6.07, 6.45) is 7.14. The predicted molar refractivity (Wildman–Crippen MR) is 90.6 cm³/mol. The molecule has 0 aliphatic carbocycles. The van der Waals surface area contributed by atoms with E-state index in [1.54, 1.807) is 23.5 Å². The molecule has 3 aromatic heterocycles. The average Bonchev–Trinajstić information content (AvgIpc) is 3.20. The first-order valence-corrected chi connectivity index (χ1v) is 7.92. The molecule has 3 aromatic rings. The van der Waals surface area contributed by atoms with Crippen LogP contribution in [-0.4, -0.2) is 25.7 Å². The summed E-state index contributed by atoms with van der Waals surface area (Å²) in [6, 6.07) is 5.81. The number of amides is 1. The summed E-state index contributed by atoms with van der Waals surface area (Å²) < 4.78 is 1.81. The normalized spacial score (nSPS) is 13.4. The molecule has 0 unspecified atom stereocenters. The van der Waals surface area contributed by atoms with E-state index < -0.39 is 0 Å². The minimum Gasteiger partial charge on any atom is -0.299 e. The maximum Gasteiger partial charge on any atom is 0.260 e. The van der Waals surface area contributed by atoms with Crippen LogP contribution in [0.5, 0.6) is 0 Å². The molecule has 0 fully saturated rings. The Bertz CT molecular complexity index is 916. The van der Waals surface area contributed by atoms with Gasteiger partial charge in [-0.15, -0.1) is 0 Å². The van der Waals surface area contributed by atoms with E-state index >= 15 is 0 Å². The zero-order valence-electron chi connectivity index (χ0n) is 13.6. The molecule has 0 radical (unpaired) electrons. The van der Waals surface area contributed by atoms with Crippen molar-refractivity contribution in [2.45, 2.75) is 26.9 Å². The fourth-order valence-electron chi connectivity index (χ4n) is 3.04. The first-order chi connectivity index (χ1) is 11.7. The summed E-state index contributed by atoms with van der Waals surface area (Å²) in [7, 11) is 0. The number of nitrogens with zero attached hydrogens (tertiary/aromatic N) is 5. The fourth-order valence-corrected chi connectivity index (χ4v) is 3.04. The summed E-state index contributed by atoms with van der Waals surface area (Å²) in [5, 5.41) is 4.26. The second-order valence-corrected chi connectivity index (χ2v) is 5.83. The van der Waals surface area contributed by atoms with E-state index in [4.69, 9.17) is 4.98 Å². The lowest BCUT2D eigenvalue weighted by atomic mass is 10.1. The molecule has 6 heteroatoms. The molecule has 4 heterocycles. The molecule has 0 aromatic carbocycles. The van der Waals surface area contributed by atoms with Gasteiger partial charge in [-0.05, 0) is 37.6 Å². The fraction of sp³-hybridized carbons (Fsp3) is 0.222. The van der Waals surface area contributed by atoms with E-state index in [0.29, 0.717) is 12.1 Å². The number of hydrogen-bond donors (Lipinski definition) is 0. The second-order valence-electron chi connectivity index (χ2n) is 5.83. The number of anilines is 1. The Kier molecular flexibility index (Phi) is 3.37. The van der Waals surface area contributed by atoms with Gasteiger partial charge < -0.3 is 0 Å². The first kappa shape index (κ1) is 14.6. The minimum absolute atomic E-state index is 0.0108. The molecule has 6 nitrogen and oxygen atoms in total. The summed E-state index contributed by atoms with van der Waals surface area (Å²) in [6.45, 7) is 5.22. The highest BCUT2D eigenvalue weighted by molar-refractivity contribution is 6.10. The van der Waals surface area contributed by atoms with Gasteiger partial charge in [-0.2, -0.15) is 5.10 Å². The van der Waals surface area contributed by atoms with E-state index in [1.165, 1.54) is 0 Å². The molecule has 1 aliphatic heterocycles. The van der Waals surface area contributed by atoms with Crippen LogP contribution >= 0.6 is 0 Å². The zero-order valence-corrected chi connectivity index (χ0v) is 13.6. The SMILES string of the molecule is CCn1cc(N2Cc3nc(-c4cccnc4)cc(C)c3C2=O)cn1. The van der Waals surface area contributed by atoms with Crippen molar-refractivity contribution >= 4 is 11.6 Å². The highest BCUT2D eigenvalue weighted by atomic mass is 16.2. The second kappa shape index (κ2) is 5.56. The third-order valence-electron chi connectivity index (χ3n) is 4.27. The predicted octanol–water partition coefficient (Wildman–Crippen LogP) is 2.83. The maximum absolute atomic E-state index is 12.8. The van der Waals surface area contributed by atoms with Gasteiger partial charge in [-0.1, -0.05) is 0 Å². The van der Waals surface area contributed by atoms with E-state index in [9.17, 15) is 4.79 Å². The molecule has 0 spiro atoms. The topological polar surface area (TPSA) is 63.9 Å². The molecule has 120 valence electrons. The van der Waals surface area contributed by atoms with Crippen LogP contribution in [0, 0.1) is 6.92 Å². The van der Waals surface area contributed by atoms with Crippen LogP contribution in [0.25, 0.3) is 11.3 Å². The number of aromatic nitrogens is 4. The number of carbonyl (C=O) groups is 1. The number of pyridine rings is 2. The van der Waals surface area contributed by atoms with Crippen molar-refractivity contribution in [1.29, 1.82) is 0 Å². The van der Waals surface area contributed by atoms with Gasteiger partial charge in [0.2, 0.25) is 0 Å². The van der Waals surface area contributed by atoms with Crippen LogP contribution in [0.4, 0.5) is 5.69 Å². The van der Waals surface area contributed by atoms with Gasteiger partial charge >= 0.3 is 0 Å². The average molecular weight is 319 g/mol. The molecule has 0 bridgehead atoms. The summed E-state index contributed by atoms with van der Waals surface area (Å²) in [4.78, 5) is 23.4. The standard InChI is InChI=1S/C18H17N5O/c1-3-22-10-14(9-20-22)23-11-16-17(18(23)24)12(2)7-15(21-16)13-5-4-6-19-8-13/h4-10H,3,11H2,1-2H3. The Morgan fingerprint density at radius 3 is 2.88 bits per heavy atom. The minimum atomic E-state index is -0.0108. The van der Waals surface area contributed by atoms with Crippen LogP contribution in [0.1, 0.15) is 28.5 Å². The van der Waals surface area contributed by atoms with Crippen molar-refractivity contribution in [3.8, 4) is 11.3 Å². The Morgan fingerprint density at radius 2 is 2.17 bits per heavy atom. The number of aryl methyl sites for hydroxylation is 2. The Labute approximate surface area is 139 Å².